The molecule has 0 aromatic heterocycles. The first-order valence-corrected chi connectivity index (χ1v) is 9.84. The van der Waals surface area contributed by atoms with E-state index in [-0.39, 0.29) is 23.6 Å². The molecular formula is C18H27N3O4S. The van der Waals surface area contributed by atoms with Crippen molar-refractivity contribution in [3.8, 4) is 5.75 Å². The van der Waals surface area contributed by atoms with E-state index in [0.29, 0.717) is 31.9 Å². The highest BCUT2D eigenvalue weighted by atomic mass is 32.2. The molecule has 1 aliphatic heterocycles. The van der Waals surface area contributed by atoms with Crippen LogP contribution in [-0.2, 0) is 14.3 Å². The Morgan fingerprint density at radius 2 is 2.00 bits per heavy atom. The van der Waals surface area contributed by atoms with E-state index < -0.39 is 0 Å². The summed E-state index contributed by atoms with van der Waals surface area (Å²) < 4.78 is 10.7. The summed E-state index contributed by atoms with van der Waals surface area (Å²) in [6.45, 7) is 3.60. The minimum atomic E-state index is -0.359. The van der Waals surface area contributed by atoms with Gasteiger partial charge in [-0.1, -0.05) is 12.1 Å². The van der Waals surface area contributed by atoms with Crippen LogP contribution in [0.5, 0.6) is 5.75 Å². The fraction of sp³-hybridized carbons (Fsp3) is 0.556. The monoisotopic (exact) mass is 381 g/mol. The molecule has 7 nitrogen and oxygen atoms in total. The van der Waals surface area contributed by atoms with Crippen molar-refractivity contribution in [3.05, 3.63) is 29.8 Å². The topological polar surface area (TPSA) is 93.9 Å². The van der Waals surface area contributed by atoms with Gasteiger partial charge in [0.15, 0.2) is 0 Å². The van der Waals surface area contributed by atoms with Crippen molar-refractivity contribution >= 4 is 23.6 Å². The standard InChI is InChI=1S/C18H27N3O4S/c1-24-15-4-2-14(3-5-15)16(21-7-9-25-10-8-21)12-20-18(23)6-11-26-13-17(19)22/h2-5,16H,6-13H2,1H3,(H2,19,22)(H,20,23). The van der Waals surface area contributed by atoms with Gasteiger partial charge in [0.25, 0.3) is 0 Å². The van der Waals surface area contributed by atoms with E-state index in [1.807, 2.05) is 24.3 Å². The van der Waals surface area contributed by atoms with E-state index in [1.54, 1.807) is 7.11 Å². The largest absolute Gasteiger partial charge is 0.497 e. The van der Waals surface area contributed by atoms with Crippen LogP contribution in [0.4, 0.5) is 0 Å². The van der Waals surface area contributed by atoms with Gasteiger partial charge in [0.1, 0.15) is 5.75 Å². The van der Waals surface area contributed by atoms with Crippen LogP contribution < -0.4 is 15.8 Å². The van der Waals surface area contributed by atoms with E-state index >= 15 is 0 Å². The SMILES string of the molecule is COc1ccc(C(CNC(=O)CCSCC(N)=O)N2CCOCC2)cc1. The Balaban J connectivity index is 1.91. The second-order valence-corrected chi connectivity index (χ2v) is 7.12. The maximum Gasteiger partial charge on any atom is 0.227 e. The number of carbonyl (C=O) groups is 2. The molecule has 0 aliphatic carbocycles. The average molecular weight is 381 g/mol. The first kappa shape index (κ1) is 20.5. The highest BCUT2D eigenvalue weighted by molar-refractivity contribution is 7.99. The zero-order valence-electron chi connectivity index (χ0n) is 15.1. The van der Waals surface area contributed by atoms with Crippen LogP contribution in [0, 0.1) is 0 Å². The number of methoxy groups -OCH3 is 1. The smallest absolute Gasteiger partial charge is 0.227 e. The van der Waals surface area contributed by atoms with Crippen molar-refractivity contribution in [1.82, 2.24) is 10.2 Å². The summed E-state index contributed by atoms with van der Waals surface area (Å²) in [6, 6.07) is 8.03. The molecule has 1 aromatic carbocycles. The third kappa shape index (κ3) is 6.86. The van der Waals surface area contributed by atoms with Crippen molar-refractivity contribution in [2.75, 3.05) is 51.5 Å². The number of nitrogens with zero attached hydrogens (tertiary/aromatic N) is 1. The van der Waals surface area contributed by atoms with Crippen molar-refractivity contribution < 1.29 is 19.1 Å². The van der Waals surface area contributed by atoms with Crippen molar-refractivity contribution in [1.29, 1.82) is 0 Å². The van der Waals surface area contributed by atoms with Gasteiger partial charge in [0.2, 0.25) is 11.8 Å². The van der Waals surface area contributed by atoms with E-state index in [4.69, 9.17) is 15.2 Å². The Labute approximate surface area is 158 Å². The predicted octanol–water partition coefficient (Wildman–Crippen LogP) is 0.793. The first-order chi connectivity index (χ1) is 12.6. The van der Waals surface area contributed by atoms with E-state index in [0.717, 1.165) is 24.4 Å². The second-order valence-electron chi connectivity index (χ2n) is 6.01. The van der Waals surface area contributed by atoms with Crippen LogP contribution >= 0.6 is 11.8 Å². The second kappa shape index (κ2) is 11.1. The Bertz CT molecular complexity index is 576. The first-order valence-electron chi connectivity index (χ1n) is 8.68. The van der Waals surface area contributed by atoms with Gasteiger partial charge >= 0.3 is 0 Å². The number of primary amides is 1. The lowest BCUT2D eigenvalue weighted by molar-refractivity contribution is -0.121. The summed E-state index contributed by atoms with van der Waals surface area (Å²) in [5.74, 6) is 1.26. The summed E-state index contributed by atoms with van der Waals surface area (Å²) in [6.07, 6.45) is 0.371. The molecule has 1 saturated heterocycles. The number of thioether (sulfide) groups is 1. The van der Waals surface area contributed by atoms with Crippen LogP contribution in [0.25, 0.3) is 0 Å². The van der Waals surface area contributed by atoms with Gasteiger partial charge in [0.05, 0.1) is 32.1 Å². The number of nitrogens with two attached hydrogens (primary N) is 1. The maximum atomic E-state index is 12.1. The predicted molar refractivity (Wildman–Crippen MR) is 102 cm³/mol. The zero-order valence-corrected chi connectivity index (χ0v) is 15.9. The lowest BCUT2D eigenvalue weighted by atomic mass is 10.0. The number of hydrogen-bond donors (Lipinski definition) is 2. The molecule has 2 rings (SSSR count). The number of hydrogen-bond acceptors (Lipinski definition) is 6. The van der Waals surface area contributed by atoms with Crippen molar-refractivity contribution in [2.45, 2.75) is 12.5 Å². The Morgan fingerprint density at radius 3 is 2.62 bits per heavy atom. The molecule has 1 unspecified atom stereocenters. The normalized spacial score (nSPS) is 16.0. The maximum absolute atomic E-state index is 12.1. The summed E-state index contributed by atoms with van der Waals surface area (Å²) in [5, 5.41) is 3.01. The molecule has 1 atom stereocenters. The molecule has 1 aliphatic rings. The lowest BCUT2D eigenvalue weighted by Crippen LogP contribution is -2.43. The average Bonchev–Trinajstić information content (AvgIpc) is 2.66. The lowest BCUT2D eigenvalue weighted by Gasteiger charge is -2.35. The van der Waals surface area contributed by atoms with Gasteiger partial charge in [-0.15, -0.1) is 0 Å². The fourth-order valence-corrected chi connectivity index (χ4v) is 3.48. The Kier molecular flexibility index (Phi) is 8.73. The molecule has 0 spiro atoms. The molecule has 3 N–H and O–H groups in total. The van der Waals surface area contributed by atoms with E-state index in [9.17, 15) is 9.59 Å². The van der Waals surface area contributed by atoms with Gasteiger partial charge < -0.3 is 20.5 Å². The summed E-state index contributed by atoms with van der Waals surface area (Å²) in [7, 11) is 1.64. The van der Waals surface area contributed by atoms with Crippen molar-refractivity contribution in [3.63, 3.8) is 0 Å². The Hall–Kier alpha value is -1.77. The number of rotatable bonds is 10. The molecule has 0 saturated carbocycles. The van der Waals surface area contributed by atoms with Gasteiger partial charge in [-0.05, 0) is 17.7 Å². The molecule has 0 radical (unpaired) electrons. The molecular weight excluding hydrogens is 354 g/mol. The summed E-state index contributed by atoms with van der Waals surface area (Å²) >= 11 is 1.38. The molecule has 26 heavy (non-hydrogen) atoms. The van der Waals surface area contributed by atoms with Crippen LogP contribution in [0.15, 0.2) is 24.3 Å². The highest BCUT2D eigenvalue weighted by Crippen LogP contribution is 2.23. The summed E-state index contributed by atoms with van der Waals surface area (Å²) in [4.78, 5) is 25.1. The third-order valence-electron chi connectivity index (χ3n) is 4.20. The molecule has 2 amide bonds. The van der Waals surface area contributed by atoms with Crippen LogP contribution in [0.3, 0.4) is 0 Å². The number of nitrogens with one attached hydrogen (secondary N) is 1. The number of benzene rings is 1. The van der Waals surface area contributed by atoms with E-state index in [2.05, 4.69) is 10.2 Å². The molecule has 144 valence electrons. The molecule has 8 heteroatoms. The molecule has 1 heterocycles. The molecule has 1 fully saturated rings. The number of amides is 2. The van der Waals surface area contributed by atoms with E-state index in [1.165, 1.54) is 11.8 Å². The number of carbonyl (C=O) groups excluding carboxylic acids is 2. The highest BCUT2D eigenvalue weighted by Gasteiger charge is 2.23. The van der Waals surface area contributed by atoms with Crippen LogP contribution in [0.2, 0.25) is 0 Å². The fourth-order valence-electron chi connectivity index (χ4n) is 2.81. The van der Waals surface area contributed by atoms with Crippen LogP contribution in [-0.4, -0.2) is 68.2 Å². The summed E-state index contributed by atoms with van der Waals surface area (Å²) in [5.41, 5.74) is 6.23. The minimum absolute atomic E-state index is 0.0197. The van der Waals surface area contributed by atoms with Crippen LogP contribution in [0.1, 0.15) is 18.0 Å². The Morgan fingerprint density at radius 1 is 1.31 bits per heavy atom. The number of ether oxygens (including phenoxy) is 2. The van der Waals surface area contributed by atoms with Gasteiger partial charge in [-0.2, -0.15) is 11.8 Å². The van der Waals surface area contributed by atoms with Gasteiger partial charge in [-0.25, -0.2) is 0 Å². The minimum Gasteiger partial charge on any atom is -0.497 e. The quantitative estimate of drug-likeness (QED) is 0.582. The van der Waals surface area contributed by atoms with Crippen molar-refractivity contribution in [2.24, 2.45) is 5.73 Å². The third-order valence-corrected chi connectivity index (χ3v) is 5.18. The van der Waals surface area contributed by atoms with Gasteiger partial charge in [-0.3, -0.25) is 14.5 Å². The zero-order chi connectivity index (χ0) is 18.8. The molecule has 0 bridgehead atoms. The molecule has 1 aromatic rings. The van der Waals surface area contributed by atoms with Gasteiger partial charge in [0, 0.05) is 31.8 Å². The number of morpholine rings is 1.